The normalized spacial score (nSPS) is 14.8. The fourth-order valence-electron chi connectivity index (χ4n) is 4.06. The van der Waals surface area contributed by atoms with Crippen LogP contribution in [0, 0.1) is 5.92 Å². The van der Waals surface area contributed by atoms with Gasteiger partial charge in [-0.1, -0.05) is 35.0 Å². The van der Waals surface area contributed by atoms with Gasteiger partial charge in [0.2, 0.25) is 5.91 Å². The summed E-state index contributed by atoms with van der Waals surface area (Å²) in [6.45, 7) is 1.75. The summed E-state index contributed by atoms with van der Waals surface area (Å²) in [6.07, 6.45) is 0.759. The van der Waals surface area contributed by atoms with Crippen LogP contribution in [0.15, 0.2) is 71.2 Å². The highest BCUT2D eigenvalue weighted by molar-refractivity contribution is 9.10. The number of halogens is 1. The van der Waals surface area contributed by atoms with Crippen LogP contribution in [-0.2, 0) is 25.5 Å². The smallest absolute Gasteiger partial charge is 0.311 e. The summed E-state index contributed by atoms with van der Waals surface area (Å²) < 4.78 is 17.3. The minimum Gasteiger partial charge on any atom is -0.493 e. The molecular weight excluding hydrogens is 540 g/mol. The Balaban J connectivity index is 1.31. The van der Waals surface area contributed by atoms with Crippen LogP contribution < -0.4 is 19.7 Å². The zero-order valence-corrected chi connectivity index (χ0v) is 22.1. The van der Waals surface area contributed by atoms with E-state index < -0.39 is 24.4 Å². The number of methoxy groups -OCH3 is 1. The third-order valence-corrected chi connectivity index (χ3v) is 6.46. The summed E-state index contributed by atoms with van der Waals surface area (Å²) in [5.41, 5.74) is 2.28. The Kier molecular flexibility index (Phi) is 8.45. The first-order valence-electron chi connectivity index (χ1n) is 11.8. The SMILES string of the molecule is CCc1cc(Br)ccc1NC(=O)COC(=O)[C@H]1CC(=O)N(c2ccc(Oc3ccccc3OC)cc2)C1. The van der Waals surface area contributed by atoms with Crippen LogP contribution in [0.1, 0.15) is 18.9 Å². The number of benzene rings is 3. The van der Waals surface area contributed by atoms with E-state index in [-0.39, 0.29) is 18.9 Å². The first-order valence-corrected chi connectivity index (χ1v) is 12.6. The van der Waals surface area contributed by atoms with Gasteiger partial charge in [-0.05, 0) is 66.6 Å². The van der Waals surface area contributed by atoms with Gasteiger partial charge in [0.15, 0.2) is 18.1 Å². The van der Waals surface area contributed by atoms with Crippen molar-refractivity contribution in [2.24, 2.45) is 5.92 Å². The quantitative estimate of drug-likeness (QED) is 0.351. The highest BCUT2D eigenvalue weighted by Crippen LogP contribution is 2.33. The third kappa shape index (κ3) is 6.48. The standard InChI is InChI=1S/C28H27BrN2O6/c1-3-18-14-20(29)8-13-23(18)30-26(32)17-36-28(34)19-15-27(33)31(16-19)21-9-11-22(12-10-21)37-25-7-5-4-6-24(25)35-2/h4-14,19H,3,15-17H2,1-2H3,(H,30,32)/t19-/m0/s1. The number of esters is 1. The molecule has 1 heterocycles. The molecule has 0 radical (unpaired) electrons. The van der Waals surface area contributed by atoms with E-state index in [0.717, 1.165) is 16.5 Å². The van der Waals surface area contributed by atoms with Crippen LogP contribution in [-0.4, -0.2) is 38.0 Å². The van der Waals surface area contributed by atoms with Gasteiger partial charge in [-0.25, -0.2) is 0 Å². The van der Waals surface area contributed by atoms with Gasteiger partial charge in [0, 0.05) is 28.8 Å². The molecule has 1 fully saturated rings. The molecule has 3 aromatic rings. The first kappa shape index (κ1) is 26.2. The fraction of sp³-hybridized carbons (Fsp3) is 0.250. The number of anilines is 2. The number of carbonyl (C=O) groups excluding carboxylic acids is 3. The molecule has 0 unspecified atom stereocenters. The number of rotatable bonds is 9. The van der Waals surface area contributed by atoms with Crippen molar-refractivity contribution < 1.29 is 28.6 Å². The molecule has 1 aliphatic rings. The lowest BCUT2D eigenvalue weighted by Crippen LogP contribution is -2.28. The van der Waals surface area contributed by atoms with E-state index in [1.165, 1.54) is 4.90 Å². The van der Waals surface area contributed by atoms with Crippen LogP contribution in [0.2, 0.25) is 0 Å². The second-order valence-corrected chi connectivity index (χ2v) is 9.38. The lowest BCUT2D eigenvalue weighted by molar-refractivity contribution is -0.151. The molecule has 3 aromatic carbocycles. The third-order valence-electron chi connectivity index (χ3n) is 5.97. The highest BCUT2D eigenvalue weighted by atomic mass is 79.9. The summed E-state index contributed by atoms with van der Waals surface area (Å²) in [7, 11) is 1.57. The number of para-hydroxylation sites is 2. The monoisotopic (exact) mass is 566 g/mol. The Morgan fingerprint density at radius 3 is 2.49 bits per heavy atom. The molecule has 0 spiro atoms. The second kappa shape index (κ2) is 11.9. The first-order chi connectivity index (χ1) is 17.9. The molecule has 1 saturated heterocycles. The van der Waals surface area contributed by atoms with Crippen LogP contribution in [0.4, 0.5) is 11.4 Å². The van der Waals surface area contributed by atoms with Crippen molar-refractivity contribution in [1.29, 1.82) is 0 Å². The van der Waals surface area contributed by atoms with E-state index in [9.17, 15) is 14.4 Å². The van der Waals surface area contributed by atoms with Crippen molar-refractivity contribution in [3.05, 3.63) is 76.8 Å². The van der Waals surface area contributed by atoms with Gasteiger partial charge in [0.05, 0.1) is 13.0 Å². The molecule has 0 bridgehead atoms. The average Bonchev–Trinajstić information content (AvgIpc) is 3.30. The lowest BCUT2D eigenvalue weighted by Gasteiger charge is -2.17. The predicted octanol–water partition coefficient (Wildman–Crippen LogP) is 5.35. The molecule has 0 aliphatic carbocycles. The second-order valence-electron chi connectivity index (χ2n) is 8.46. The van der Waals surface area contributed by atoms with Crippen LogP contribution in [0.3, 0.4) is 0 Å². The van der Waals surface area contributed by atoms with Crippen molar-refractivity contribution in [2.75, 3.05) is 30.5 Å². The fourth-order valence-corrected chi connectivity index (χ4v) is 4.47. The van der Waals surface area contributed by atoms with Gasteiger partial charge in [-0.15, -0.1) is 0 Å². The van der Waals surface area contributed by atoms with Gasteiger partial charge in [0.1, 0.15) is 5.75 Å². The van der Waals surface area contributed by atoms with Crippen LogP contribution in [0.25, 0.3) is 0 Å². The Morgan fingerprint density at radius 2 is 1.78 bits per heavy atom. The van der Waals surface area contributed by atoms with Crippen molar-refractivity contribution in [3.8, 4) is 17.2 Å². The van der Waals surface area contributed by atoms with E-state index >= 15 is 0 Å². The summed E-state index contributed by atoms with van der Waals surface area (Å²) >= 11 is 3.41. The Bertz CT molecular complexity index is 1290. The summed E-state index contributed by atoms with van der Waals surface area (Å²) in [5, 5.41) is 2.77. The predicted molar refractivity (Wildman–Crippen MR) is 143 cm³/mol. The molecule has 37 heavy (non-hydrogen) atoms. The summed E-state index contributed by atoms with van der Waals surface area (Å²) in [6, 6.07) is 19.9. The van der Waals surface area contributed by atoms with Gasteiger partial charge >= 0.3 is 5.97 Å². The number of amides is 2. The number of nitrogens with zero attached hydrogens (tertiary/aromatic N) is 1. The number of hydrogen-bond donors (Lipinski definition) is 1. The van der Waals surface area contributed by atoms with E-state index in [1.807, 2.05) is 31.2 Å². The van der Waals surface area contributed by atoms with E-state index in [4.69, 9.17) is 14.2 Å². The molecule has 1 atom stereocenters. The van der Waals surface area contributed by atoms with Crippen molar-refractivity contribution >= 4 is 45.1 Å². The number of aryl methyl sites for hydroxylation is 1. The number of carbonyl (C=O) groups is 3. The Hall–Kier alpha value is -3.85. The lowest BCUT2D eigenvalue weighted by atomic mass is 10.1. The van der Waals surface area contributed by atoms with Crippen LogP contribution in [0.5, 0.6) is 17.2 Å². The largest absolute Gasteiger partial charge is 0.493 e. The van der Waals surface area contributed by atoms with Gasteiger partial charge in [-0.2, -0.15) is 0 Å². The molecule has 0 saturated carbocycles. The molecule has 1 N–H and O–H groups in total. The zero-order chi connectivity index (χ0) is 26.4. The average molecular weight is 567 g/mol. The molecule has 9 heteroatoms. The minimum atomic E-state index is -0.649. The van der Waals surface area contributed by atoms with Gasteiger partial charge in [0.25, 0.3) is 5.91 Å². The maximum absolute atomic E-state index is 12.6. The van der Waals surface area contributed by atoms with Crippen molar-refractivity contribution in [1.82, 2.24) is 0 Å². The van der Waals surface area contributed by atoms with E-state index in [0.29, 0.717) is 28.6 Å². The summed E-state index contributed by atoms with van der Waals surface area (Å²) in [5.74, 6) is -0.0764. The number of ether oxygens (including phenoxy) is 3. The molecule has 0 aromatic heterocycles. The molecule has 192 valence electrons. The van der Waals surface area contributed by atoms with Crippen molar-refractivity contribution in [3.63, 3.8) is 0 Å². The zero-order valence-electron chi connectivity index (χ0n) is 20.5. The topological polar surface area (TPSA) is 94.2 Å². The Morgan fingerprint density at radius 1 is 1.05 bits per heavy atom. The number of nitrogens with one attached hydrogen (secondary N) is 1. The van der Waals surface area contributed by atoms with Crippen LogP contribution >= 0.6 is 15.9 Å². The number of hydrogen-bond acceptors (Lipinski definition) is 6. The minimum absolute atomic E-state index is 0.0204. The van der Waals surface area contributed by atoms with E-state index in [1.54, 1.807) is 49.6 Å². The van der Waals surface area contributed by atoms with E-state index in [2.05, 4.69) is 21.2 Å². The maximum atomic E-state index is 12.6. The molecule has 4 rings (SSSR count). The highest BCUT2D eigenvalue weighted by Gasteiger charge is 2.36. The summed E-state index contributed by atoms with van der Waals surface area (Å²) in [4.78, 5) is 39.1. The van der Waals surface area contributed by atoms with Crippen molar-refractivity contribution in [2.45, 2.75) is 19.8 Å². The maximum Gasteiger partial charge on any atom is 0.311 e. The Labute approximate surface area is 223 Å². The van der Waals surface area contributed by atoms with Gasteiger partial charge in [-0.3, -0.25) is 14.4 Å². The molecule has 2 amide bonds. The molecular formula is C28H27BrN2O6. The van der Waals surface area contributed by atoms with Gasteiger partial charge < -0.3 is 24.4 Å². The molecule has 8 nitrogen and oxygen atoms in total. The molecule has 1 aliphatic heterocycles.